The van der Waals surface area contributed by atoms with Crippen molar-refractivity contribution in [2.75, 3.05) is 31.6 Å². The predicted molar refractivity (Wildman–Crippen MR) is 90.1 cm³/mol. The minimum atomic E-state index is -0.417. The van der Waals surface area contributed by atoms with Crippen molar-refractivity contribution in [2.45, 2.75) is 6.42 Å². The van der Waals surface area contributed by atoms with Crippen molar-refractivity contribution >= 4 is 17.6 Å². The largest absolute Gasteiger partial charge is 0.380 e. The lowest BCUT2D eigenvalue weighted by atomic mass is 10.0. The van der Waals surface area contributed by atoms with E-state index in [1.165, 1.54) is 30.5 Å². The Kier molecular flexibility index (Phi) is 5.35. The van der Waals surface area contributed by atoms with Crippen LogP contribution in [-0.4, -0.2) is 48.0 Å². The summed E-state index contributed by atoms with van der Waals surface area (Å²) in [6, 6.07) is 8.13. The number of ketones is 1. The normalized spacial score (nSPS) is 14.7. The zero-order valence-corrected chi connectivity index (χ0v) is 13.6. The average Bonchev–Trinajstić information content (AvgIpc) is 2.92. The minimum Gasteiger partial charge on any atom is -0.380 e. The van der Waals surface area contributed by atoms with Crippen LogP contribution in [0.4, 0.5) is 15.0 Å². The lowest BCUT2D eigenvalue weighted by molar-refractivity contribution is 0.103. The Morgan fingerprint density at radius 3 is 2.72 bits per heavy atom. The standard InChI is InChI=1S/C18H18FN3O3/c19-14-6-4-13(5-7-14)16(23)15-3-1-8-20-17(15)21-18(24)22-9-2-11-25-12-10-22/h1,3-8H,2,9-12H2,(H,20,21,24). The highest BCUT2D eigenvalue weighted by Crippen LogP contribution is 2.18. The molecule has 0 spiro atoms. The van der Waals surface area contributed by atoms with E-state index in [4.69, 9.17) is 4.74 Å². The number of hydrogen-bond donors (Lipinski definition) is 1. The van der Waals surface area contributed by atoms with Crippen LogP contribution in [-0.2, 0) is 4.74 Å². The van der Waals surface area contributed by atoms with E-state index in [1.807, 2.05) is 0 Å². The number of carbonyl (C=O) groups excluding carboxylic acids is 2. The van der Waals surface area contributed by atoms with Crippen LogP contribution in [0, 0.1) is 5.82 Å². The molecule has 0 bridgehead atoms. The van der Waals surface area contributed by atoms with Crippen molar-refractivity contribution in [1.29, 1.82) is 0 Å². The first-order valence-electron chi connectivity index (χ1n) is 8.04. The number of carbonyl (C=O) groups is 2. The quantitative estimate of drug-likeness (QED) is 0.870. The first-order valence-corrected chi connectivity index (χ1v) is 8.04. The second-order valence-electron chi connectivity index (χ2n) is 5.62. The van der Waals surface area contributed by atoms with Gasteiger partial charge >= 0.3 is 6.03 Å². The maximum Gasteiger partial charge on any atom is 0.323 e. The molecule has 0 unspecified atom stereocenters. The molecular weight excluding hydrogens is 325 g/mol. The van der Waals surface area contributed by atoms with Crippen molar-refractivity contribution in [3.05, 3.63) is 59.5 Å². The first-order chi connectivity index (χ1) is 12.1. The Morgan fingerprint density at radius 2 is 1.92 bits per heavy atom. The number of anilines is 1. The van der Waals surface area contributed by atoms with Gasteiger partial charge in [0.05, 0.1) is 12.2 Å². The summed E-state index contributed by atoms with van der Waals surface area (Å²) in [5, 5.41) is 2.70. The van der Waals surface area contributed by atoms with Crippen molar-refractivity contribution in [1.82, 2.24) is 9.88 Å². The number of nitrogens with zero attached hydrogens (tertiary/aromatic N) is 2. The highest BCUT2D eigenvalue weighted by Gasteiger charge is 2.20. The molecule has 0 saturated carbocycles. The Balaban J connectivity index is 1.79. The molecule has 1 aromatic carbocycles. The molecule has 1 N–H and O–H groups in total. The number of rotatable bonds is 3. The molecule has 2 heterocycles. The number of amides is 2. The van der Waals surface area contributed by atoms with Crippen LogP contribution < -0.4 is 5.32 Å². The van der Waals surface area contributed by atoms with Crippen LogP contribution >= 0.6 is 0 Å². The van der Waals surface area contributed by atoms with Crippen molar-refractivity contribution in [3.8, 4) is 0 Å². The van der Waals surface area contributed by atoms with Crippen molar-refractivity contribution < 1.29 is 18.7 Å². The summed E-state index contributed by atoms with van der Waals surface area (Å²) in [7, 11) is 0. The second-order valence-corrected chi connectivity index (χ2v) is 5.62. The fourth-order valence-corrected chi connectivity index (χ4v) is 2.57. The monoisotopic (exact) mass is 343 g/mol. The summed E-state index contributed by atoms with van der Waals surface area (Å²) in [5.74, 6) is -0.561. The van der Waals surface area contributed by atoms with E-state index in [0.717, 1.165) is 6.42 Å². The molecule has 25 heavy (non-hydrogen) atoms. The Labute approximate surface area is 144 Å². The smallest absolute Gasteiger partial charge is 0.323 e. The molecule has 1 aliphatic heterocycles. The van der Waals surface area contributed by atoms with E-state index >= 15 is 0 Å². The molecule has 0 atom stereocenters. The minimum absolute atomic E-state index is 0.187. The third kappa shape index (κ3) is 4.19. The topological polar surface area (TPSA) is 71.5 Å². The molecule has 2 aromatic rings. The third-order valence-corrected chi connectivity index (χ3v) is 3.89. The first kappa shape index (κ1) is 17.0. The molecule has 2 amide bonds. The maximum atomic E-state index is 13.0. The van der Waals surface area contributed by atoms with Gasteiger partial charge in [-0.25, -0.2) is 14.2 Å². The van der Waals surface area contributed by atoms with E-state index in [9.17, 15) is 14.0 Å². The van der Waals surface area contributed by atoms with Gasteiger partial charge in [-0.1, -0.05) is 0 Å². The number of benzene rings is 1. The molecule has 6 nitrogen and oxygen atoms in total. The number of ether oxygens (including phenoxy) is 1. The number of halogens is 1. The molecule has 1 aliphatic rings. The average molecular weight is 343 g/mol. The molecule has 1 aromatic heterocycles. The number of nitrogens with one attached hydrogen (secondary N) is 1. The Morgan fingerprint density at radius 1 is 1.12 bits per heavy atom. The number of pyridine rings is 1. The molecule has 0 aliphatic carbocycles. The molecule has 0 radical (unpaired) electrons. The van der Waals surface area contributed by atoms with Gasteiger partial charge in [-0.2, -0.15) is 0 Å². The zero-order chi connectivity index (χ0) is 17.6. The summed E-state index contributed by atoms with van der Waals surface area (Å²) >= 11 is 0. The molecule has 130 valence electrons. The fraction of sp³-hybridized carbons (Fsp3) is 0.278. The highest BCUT2D eigenvalue weighted by molar-refractivity contribution is 6.13. The predicted octanol–water partition coefficient (Wildman–Crippen LogP) is 2.71. The van der Waals surface area contributed by atoms with Crippen molar-refractivity contribution in [3.63, 3.8) is 0 Å². The molecule has 1 fully saturated rings. The molecule has 1 saturated heterocycles. The number of urea groups is 1. The van der Waals surface area contributed by atoms with Gasteiger partial charge in [0.2, 0.25) is 0 Å². The highest BCUT2D eigenvalue weighted by atomic mass is 19.1. The van der Waals surface area contributed by atoms with Gasteiger partial charge in [0.15, 0.2) is 5.78 Å². The fourth-order valence-electron chi connectivity index (χ4n) is 2.57. The SMILES string of the molecule is O=C(c1ccc(F)cc1)c1cccnc1NC(=O)N1CCCOCC1. The number of hydrogen-bond acceptors (Lipinski definition) is 4. The lowest BCUT2D eigenvalue weighted by Gasteiger charge is -2.20. The number of aromatic nitrogens is 1. The molecular formula is C18H18FN3O3. The van der Waals surface area contributed by atoms with E-state index in [2.05, 4.69) is 10.3 Å². The van der Waals surface area contributed by atoms with Crippen LogP contribution in [0.15, 0.2) is 42.6 Å². The van der Waals surface area contributed by atoms with Crippen LogP contribution in [0.5, 0.6) is 0 Å². The van der Waals surface area contributed by atoms with Crippen LogP contribution in [0.2, 0.25) is 0 Å². The Hall–Kier alpha value is -2.80. The van der Waals surface area contributed by atoms with Gasteiger partial charge in [-0.05, 0) is 42.8 Å². The van der Waals surface area contributed by atoms with Crippen LogP contribution in [0.3, 0.4) is 0 Å². The van der Waals surface area contributed by atoms with E-state index in [-0.39, 0.29) is 23.2 Å². The summed E-state index contributed by atoms with van der Waals surface area (Å²) in [6.07, 6.45) is 2.26. The summed E-state index contributed by atoms with van der Waals surface area (Å²) in [6.45, 7) is 2.18. The van der Waals surface area contributed by atoms with Gasteiger partial charge in [-0.15, -0.1) is 0 Å². The van der Waals surface area contributed by atoms with Gasteiger partial charge < -0.3 is 9.64 Å². The van der Waals surface area contributed by atoms with Gasteiger partial charge in [0, 0.05) is 31.5 Å². The van der Waals surface area contributed by atoms with E-state index in [1.54, 1.807) is 17.0 Å². The molecule has 7 heteroatoms. The lowest BCUT2D eigenvalue weighted by Crippen LogP contribution is -2.37. The Bertz CT molecular complexity index is 756. The van der Waals surface area contributed by atoms with E-state index < -0.39 is 5.82 Å². The third-order valence-electron chi connectivity index (χ3n) is 3.89. The summed E-state index contributed by atoms with van der Waals surface area (Å²) in [4.78, 5) is 30.8. The van der Waals surface area contributed by atoms with Crippen LogP contribution in [0.25, 0.3) is 0 Å². The van der Waals surface area contributed by atoms with Gasteiger partial charge in [-0.3, -0.25) is 10.1 Å². The van der Waals surface area contributed by atoms with Gasteiger partial charge in [0.1, 0.15) is 11.6 Å². The second kappa shape index (κ2) is 7.85. The van der Waals surface area contributed by atoms with Crippen LogP contribution in [0.1, 0.15) is 22.3 Å². The van der Waals surface area contributed by atoms with Crippen molar-refractivity contribution in [2.24, 2.45) is 0 Å². The van der Waals surface area contributed by atoms with Gasteiger partial charge in [0.25, 0.3) is 0 Å². The molecule has 3 rings (SSSR count). The maximum absolute atomic E-state index is 13.0. The zero-order valence-electron chi connectivity index (χ0n) is 13.6. The summed E-state index contributed by atoms with van der Waals surface area (Å²) < 4.78 is 18.4. The van der Waals surface area contributed by atoms with E-state index in [0.29, 0.717) is 31.9 Å². The summed E-state index contributed by atoms with van der Waals surface area (Å²) in [5.41, 5.74) is 0.585.